The molecule has 0 aromatic carbocycles. The van der Waals surface area contributed by atoms with E-state index in [0.29, 0.717) is 13.0 Å². The molecule has 0 aliphatic carbocycles. The second kappa shape index (κ2) is 4.34. The minimum atomic E-state index is 0.112. The van der Waals surface area contributed by atoms with Gasteiger partial charge in [0.25, 0.3) is 0 Å². The van der Waals surface area contributed by atoms with Crippen LogP contribution in [0.25, 0.3) is 0 Å². The molecule has 11 heavy (non-hydrogen) atoms. The summed E-state index contributed by atoms with van der Waals surface area (Å²) in [6.07, 6.45) is 3.05. The SMILES string of the molecule is CCC(=O)NCC1CCCO1. The average Bonchev–Trinajstić information content (AvgIpc) is 2.52. The molecule has 1 saturated heterocycles. The third kappa shape index (κ3) is 2.89. The number of hydrogen-bond acceptors (Lipinski definition) is 2. The summed E-state index contributed by atoms with van der Waals surface area (Å²) in [5.74, 6) is 0.112. The van der Waals surface area contributed by atoms with Crippen molar-refractivity contribution in [3.8, 4) is 0 Å². The fourth-order valence-corrected chi connectivity index (χ4v) is 1.16. The van der Waals surface area contributed by atoms with E-state index in [0.717, 1.165) is 19.4 Å². The molecule has 1 fully saturated rings. The van der Waals surface area contributed by atoms with Gasteiger partial charge in [-0.15, -0.1) is 0 Å². The Morgan fingerprint density at radius 1 is 1.73 bits per heavy atom. The predicted octanol–water partition coefficient (Wildman–Crippen LogP) is 0.692. The topological polar surface area (TPSA) is 38.3 Å². The first kappa shape index (κ1) is 8.53. The van der Waals surface area contributed by atoms with Gasteiger partial charge < -0.3 is 10.1 Å². The Balaban J connectivity index is 2.06. The molecule has 1 amide bonds. The molecule has 1 unspecified atom stereocenters. The summed E-state index contributed by atoms with van der Waals surface area (Å²) in [6, 6.07) is 0. The number of nitrogens with one attached hydrogen (secondary N) is 1. The average molecular weight is 157 g/mol. The first-order chi connectivity index (χ1) is 5.33. The third-order valence-corrected chi connectivity index (χ3v) is 1.87. The Morgan fingerprint density at radius 3 is 3.09 bits per heavy atom. The molecule has 1 heterocycles. The minimum Gasteiger partial charge on any atom is -0.376 e. The number of rotatable bonds is 3. The highest BCUT2D eigenvalue weighted by Gasteiger charge is 2.15. The van der Waals surface area contributed by atoms with Gasteiger partial charge in [-0.1, -0.05) is 6.92 Å². The molecule has 1 aliphatic rings. The van der Waals surface area contributed by atoms with Crippen LogP contribution in [0.3, 0.4) is 0 Å². The van der Waals surface area contributed by atoms with Crippen molar-refractivity contribution in [3.05, 3.63) is 0 Å². The fraction of sp³-hybridized carbons (Fsp3) is 0.875. The van der Waals surface area contributed by atoms with E-state index in [2.05, 4.69) is 5.32 Å². The van der Waals surface area contributed by atoms with E-state index < -0.39 is 0 Å². The first-order valence-electron chi connectivity index (χ1n) is 4.21. The molecule has 0 aromatic heterocycles. The summed E-state index contributed by atoms with van der Waals surface area (Å²) in [5.41, 5.74) is 0. The highest BCUT2D eigenvalue weighted by Crippen LogP contribution is 2.10. The van der Waals surface area contributed by atoms with Crippen LogP contribution in [0.15, 0.2) is 0 Å². The minimum absolute atomic E-state index is 0.112. The molecule has 0 saturated carbocycles. The normalized spacial score (nSPS) is 23.5. The Morgan fingerprint density at radius 2 is 2.55 bits per heavy atom. The molecule has 0 aromatic rings. The van der Waals surface area contributed by atoms with E-state index in [4.69, 9.17) is 4.74 Å². The summed E-state index contributed by atoms with van der Waals surface area (Å²) in [4.78, 5) is 10.8. The molecular weight excluding hydrogens is 142 g/mol. The number of carbonyl (C=O) groups is 1. The number of amides is 1. The van der Waals surface area contributed by atoms with Crippen LogP contribution in [-0.2, 0) is 9.53 Å². The van der Waals surface area contributed by atoms with Gasteiger partial charge in [0.15, 0.2) is 0 Å². The Hall–Kier alpha value is -0.570. The lowest BCUT2D eigenvalue weighted by Crippen LogP contribution is -2.31. The van der Waals surface area contributed by atoms with Crippen molar-refractivity contribution < 1.29 is 9.53 Å². The van der Waals surface area contributed by atoms with Crippen molar-refractivity contribution in [2.24, 2.45) is 0 Å². The van der Waals surface area contributed by atoms with E-state index in [1.165, 1.54) is 0 Å². The van der Waals surface area contributed by atoms with E-state index >= 15 is 0 Å². The van der Waals surface area contributed by atoms with Crippen molar-refractivity contribution >= 4 is 5.91 Å². The van der Waals surface area contributed by atoms with E-state index in [9.17, 15) is 4.79 Å². The lowest BCUT2D eigenvalue weighted by molar-refractivity contribution is -0.121. The van der Waals surface area contributed by atoms with Crippen molar-refractivity contribution in [2.75, 3.05) is 13.2 Å². The standard InChI is InChI=1S/C8H15NO2/c1-2-8(10)9-6-7-4-3-5-11-7/h7H,2-6H2,1H3,(H,9,10). The van der Waals surface area contributed by atoms with Crippen molar-refractivity contribution in [3.63, 3.8) is 0 Å². The molecule has 1 aliphatic heterocycles. The van der Waals surface area contributed by atoms with Gasteiger partial charge in [0.2, 0.25) is 5.91 Å². The molecule has 1 rings (SSSR count). The maximum atomic E-state index is 10.8. The van der Waals surface area contributed by atoms with Gasteiger partial charge in [0, 0.05) is 19.6 Å². The zero-order valence-electron chi connectivity index (χ0n) is 6.93. The van der Waals surface area contributed by atoms with Crippen LogP contribution < -0.4 is 5.32 Å². The van der Waals surface area contributed by atoms with Gasteiger partial charge in [-0.2, -0.15) is 0 Å². The third-order valence-electron chi connectivity index (χ3n) is 1.87. The van der Waals surface area contributed by atoms with Crippen LogP contribution in [0.5, 0.6) is 0 Å². The molecule has 0 spiro atoms. The molecule has 3 nitrogen and oxygen atoms in total. The van der Waals surface area contributed by atoms with Crippen LogP contribution in [-0.4, -0.2) is 25.2 Å². The second-order valence-corrected chi connectivity index (χ2v) is 2.79. The summed E-state index contributed by atoms with van der Waals surface area (Å²) in [5, 5.41) is 2.81. The van der Waals surface area contributed by atoms with Crippen LogP contribution in [0, 0.1) is 0 Å². The summed E-state index contributed by atoms with van der Waals surface area (Å²) in [7, 11) is 0. The van der Waals surface area contributed by atoms with E-state index in [1.54, 1.807) is 0 Å². The van der Waals surface area contributed by atoms with Crippen LogP contribution in [0.2, 0.25) is 0 Å². The van der Waals surface area contributed by atoms with Crippen molar-refractivity contribution in [1.82, 2.24) is 5.32 Å². The second-order valence-electron chi connectivity index (χ2n) is 2.79. The highest BCUT2D eigenvalue weighted by molar-refractivity contribution is 5.75. The van der Waals surface area contributed by atoms with Crippen molar-refractivity contribution in [1.29, 1.82) is 0 Å². The highest BCUT2D eigenvalue weighted by atomic mass is 16.5. The van der Waals surface area contributed by atoms with Gasteiger partial charge in [-0.3, -0.25) is 4.79 Å². The predicted molar refractivity (Wildman–Crippen MR) is 42.3 cm³/mol. The molecule has 1 atom stereocenters. The number of ether oxygens (including phenoxy) is 1. The smallest absolute Gasteiger partial charge is 0.219 e. The molecule has 1 N–H and O–H groups in total. The number of hydrogen-bond donors (Lipinski definition) is 1. The van der Waals surface area contributed by atoms with Gasteiger partial charge in [-0.25, -0.2) is 0 Å². The van der Waals surface area contributed by atoms with Gasteiger partial charge >= 0.3 is 0 Å². The van der Waals surface area contributed by atoms with Crippen molar-refractivity contribution in [2.45, 2.75) is 32.3 Å². The van der Waals surface area contributed by atoms with E-state index in [-0.39, 0.29) is 12.0 Å². The number of carbonyl (C=O) groups excluding carboxylic acids is 1. The van der Waals surface area contributed by atoms with Crippen LogP contribution in [0.1, 0.15) is 26.2 Å². The van der Waals surface area contributed by atoms with Crippen LogP contribution >= 0.6 is 0 Å². The zero-order chi connectivity index (χ0) is 8.10. The van der Waals surface area contributed by atoms with Gasteiger partial charge in [0.05, 0.1) is 6.10 Å². The zero-order valence-corrected chi connectivity index (χ0v) is 6.93. The Bertz CT molecular complexity index is 130. The largest absolute Gasteiger partial charge is 0.376 e. The fourth-order valence-electron chi connectivity index (χ4n) is 1.16. The molecule has 3 heteroatoms. The lowest BCUT2D eigenvalue weighted by Gasteiger charge is -2.09. The van der Waals surface area contributed by atoms with Crippen LogP contribution in [0.4, 0.5) is 0 Å². The maximum Gasteiger partial charge on any atom is 0.219 e. The molecule has 64 valence electrons. The Labute approximate surface area is 67.1 Å². The monoisotopic (exact) mass is 157 g/mol. The Kier molecular flexibility index (Phi) is 3.36. The summed E-state index contributed by atoms with van der Waals surface area (Å²) in [6.45, 7) is 3.39. The molecule has 0 bridgehead atoms. The van der Waals surface area contributed by atoms with Gasteiger partial charge in [-0.05, 0) is 12.8 Å². The molecular formula is C8H15NO2. The first-order valence-corrected chi connectivity index (χ1v) is 4.21. The quantitative estimate of drug-likeness (QED) is 0.654. The van der Waals surface area contributed by atoms with E-state index in [1.807, 2.05) is 6.92 Å². The molecule has 0 radical (unpaired) electrons. The summed E-state index contributed by atoms with van der Waals surface area (Å²) < 4.78 is 5.33. The summed E-state index contributed by atoms with van der Waals surface area (Å²) >= 11 is 0. The maximum absolute atomic E-state index is 10.8. The van der Waals surface area contributed by atoms with Gasteiger partial charge in [0.1, 0.15) is 0 Å². The lowest BCUT2D eigenvalue weighted by atomic mass is 10.2.